The van der Waals surface area contributed by atoms with E-state index in [1.54, 1.807) is 0 Å². The molecule has 0 aromatic carbocycles. The number of likely N-dealkylation sites (tertiary alicyclic amines) is 1. The van der Waals surface area contributed by atoms with Crippen LogP contribution in [0, 0.1) is 0 Å². The van der Waals surface area contributed by atoms with Crippen LogP contribution in [0.3, 0.4) is 0 Å². The Morgan fingerprint density at radius 3 is 2.89 bits per heavy atom. The molecule has 1 aliphatic rings. The van der Waals surface area contributed by atoms with Gasteiger partial charge in [-0.2, -0.15) is 5.10 Å². The third-order valence-electron chi connectivity index (χ3n) is 3.82. The highest BCUT2D eigenvalue weighted by Gasteiger charge is 2.24. The summed E-state index contributed by atoms with van der Waals surface area (Å²) >= 11 is 0. The van der Waals surface area contributed by atoms with Crippen LogP contribution in [0.25, 0.3) is 0 Å². The van der Waals surface area contributed by atoms with Crippen molar-refractivity contribution in [2.45, 2.75) is 31.8 Å². The predicted octanol–water partition coefficient (Wildman–Crippen LogP) is 2.51. The minimum atomic E-state index is 0.477. The van der Waals surface area contributed by atoms with Crippen LogP contribution in [0.5, 0.6) is 0 Å². The van der Waals surface area contributed by atoms with Crippen LogP contribution in [0.4, 0.5) is 0 Å². The Kier molecular flexibility index (Phi) is 3.89. The van der Waals surface area contributed by atoms with E-state index in [0.29, 0.717) is 6.04 Å². The second-order valence-corrected chi connectivity index (χ2v) is 5.07. The van der Waals surface area contributed by atoms with Gasteiger partial charge in [-0.3, -0.25) is 14.6 Å². The van der Waals surface area contributed by atoms with Gasteiger partial charge >= 0.3 is 0 Å². The Morgan fingerprint density at radius 2 is 2.11 bits per heavy atom. The number of nitrogens with zero attached hydrogens (tertiary/aromatic N) is 4. The minimum absolute atomic E-state index is 0.477. The van der Waals surface area contributed by atoms with Crippen molar-refractivity contribution in [3.05, 3.63) is 48.5 Å². The van der Waals surface area contributed by atoms with Gasteiger partial charge in [0.05, 0.1) is 18.3 Å². The van der Waals surface area contributed by atoms with Gasteiger partial charge in [0.1, 0.15) is 0 Å². The minimum Gasteiger partial charge on any atom is -0.293 e. The molecule has 0 saturated carbocycles. The monoisotopic (exact) mass is 256 g/mol. The lowest BCUT2D eigenvalue weighted by Gasteiger charge is -2.35. The summed E-state index contributed by atoms with van der Waals surface area (Å²) in [6.45, 7) is 3.17. The van der Waals surface area contributed by atoms with Gasteiger partial charge in [-0.15, -0.1) is 0 Å². The highest BCUT2D eigenvalue weighted by molar-refractivity contribution is 5.09. The van der Waals surface area contributed by atoms with Gasteiger partial charge in [-0.25, -0.2) is 0 Å². The van der Waals surface area contributed by atoms with Crippen molar-refractivity contribution in [3.8, 4) is 0 Å². The molecule has 0 unspecified atom stereocenters. The number of hydrogen-bond donors (Lipinski definition) is 0. The topological polar surface area (TPSA) is 34.0 Å². The fraction of sp³-hybridized carbons (Fsp3) is 0.467. The van der Waals surface area contributed by atoms with Crippen LogP contribution in [0.15, 0.2) is 42.9 Å². The normalized spacial score (nSPS) is 20.5. The summed E-state index contributed by atoms with van der Waals surface area (Å²) in [5, 5.41) is 4.27. The first kappa shape index (κ1) is 12.4. The molecule has 2 aromatic rings. The first-order valence-electron chi connectivity index (χ1n) is 7.06. The molecule has 0 amide bonds. The first-order valence-corrected chi connectivity index (χ1v) is 7.06. The molecule has 0 spiro atoms. The molecule has 1 saturated heterocycles. The maximum absolute atomic E-state index is 4.53. The Bertz CT molecular complexity index is 480. The zero-order valence-electron chi connectivity index (χ0n) is 11.2. The number of piperidine rings is 1. The van der Waals surface area contributed by atoms with Crippen LogP contribution in [0.1, 0.15) is 31.0 Å². The SMILES string of the molecule is c1ccc([C@H]2CCCCN2CCn2cccn2)nc1. The van der Waals surface area contributed by atoms with E-state index >= 15 is 0 Å². The molecular weight excluding hydrogens is 236 g/mol. The van der Waals surface area contributed by atoms with E-state index in [2.05, 4.69) is 27.1 Å². The fourth-order valence-corrected chi connectivity index (χ4v) is 2.83. The van der Waals surface area contributed by atoms with Crippen molar-refractivity contribution in [1.29, 1.82) is 0 Å². The maximum Gasteiger partial charge on any atom is 0.0575 e. The van der Waals surface area contributed by atoms with Gasteiger partial charge in [0.15, 0.2) is 0 Å². The van der Waals surface area contributed by atoms with Gasteiger partial charge < -0.3 is 0 Å². The molecule has 100 valence electrons. The first-order chi connectivity index (χ1) is 9.43. The second kappa shape index (κ2) is 5.97. The van der Waals surface area contributed by atoms with Gasteiger partial charge in [-0.1, -0.05) is 12.5 Å². The molecule has 0 bridgehead atoms. The van der Waals surface area contributed by atoms with Gasteiger partial charge in [0.2, 0.25) is 0 Å². The average Bonchev–Trinajstić information content (AvgIpc) is 3.00. The summed E-state index contributed by atoms with van der Waals surface area (Å²) in [5.74, 6) is 0. The lowest BCUT2D eigenvalue weighted by atomic mass is 9.99. The van der Waals surface area contributed by atoms with Crippen LogP contribution in [-0.4, -0.2) is 32.8 Å². The number of hydrogen-bond acceptors (Lipinski definition) is 3. The Balaban J connectivity index is 1.67. The van der Waals surface area contributed by atoms with Gasteiger partial charge in [0, 0.05) is 25.1 Å². The van der Waals surface area contributed by atoms with E-state index in [0.717, 1.165) is 13.1 Å². The van der Waals surface area contributed by atoms with Gasteiger partial charge in [0.25, 0.3) is 0 Å². The van der Waals surface area contributed by atoms with Crippen LogP contribution < -0.4 is 0 Å². The van der Waals surface area contributed by atoms with Crippen LogP contribution in [0.2, 0.25) is 0 Å². The molecule has 2 aromatic heterocycles. The van der Waals surface area contributed by atoms with Crippen molar-refractivity contribution in [1.82, 2.24) is 19.7 Å². The number of aromatic nitrogens is 3. The molecule has 1 atom stereocenters. The molecule has 4 heteroatoms. The van der Waals surface area contributed by atoms with Crippen molar-refractivity contribution >= 4 is 0 Å². The van der Waals surface area contributed by atoms with E-state index in [9.17, 15) is 0 Å². The zero-order chi connectivity index (χ0) is 12.9. The third kappa shape index (κ3) is 3.01. The summed E-state index contributed by atoms with van der Waals surface area (Å²) in [6, 6.07) is 8.68. The van der Waals surface area contributed by atoms with E-state index < -0.39 is 0 Å². The molecule has 3 heterocycles. The van der Waals surface area contributed by atoms with Crippen molar-refractivity contribution < 1.29 is 0 Å². The quantitative estimate of drug-likeness (QED) is 0.843. The summed E-state index contributed by atoms with van der Waals surface area (Å²) in [6.07, 6.45) is 9.58. The maximum atomic E-state index is 4.53. The average molecular weight is 256 g/mol. The zero-order valence-corrected chi connectivity index (χ0v) is 11.2. The summed E-state index contributed by atoms with van der Waals surface area (Å²) in [5.41, 5.74) is 1.21. The highest BCUT2D eigenvalue weighted by Crippen LogP contribution is 2.29. The smallest absolute Gasteiger partial charge is 0.0575 e. The van der Waals surface area contributed by atoms with Crippen LogP contribution in [-0.2, 0) is 6.54 Å². The largest absolute Gasteiger partial charge is 0.293 e. The lowest BCUT2D eigenvalue weighted by Crippen LogP contribution is -2.36. The fourth-order valence-electron chi connectivity index (χ4n) is 2.83. The molecule has 1 aliphatic heterocycles. The summed E-state index contributed by atoms with van der Waals surface area (Å²) in [7, 11) is 0. The molecule has 4 nitrogen and oxygen atoms in total. The molecule has 3 rings (SSSR count). The van der Waals surface area contributed by atoms with Crippen molar-refractivity contribution in [2.75, 3.05) is 13.1 Å². The molecule has 19 heavy (non-hydrogen) atoms. The second-order valence-electron chi connectivity index (χ2n) is 5.07. The van der Waals surface area contributed by atoms with E-state index in [1.165, 1.54) is 31.5 Å². The Morgan fingerprint density at radius 1 is 1.11 bits per heavy atom. The molecule has 0 N–H and O–H groups in total. The predicted molar refractivity (Wildman–Crippen MR) is 74.6 cm³/mol. The Hall–Kier alpha value is -1.68. The van der Waals surface area contributed by atoms with Crippen molar-refractivity contribution in [3.63, 3.8) is 0 Å². The van der Waals surface area contributed by atoms with Gasteiger partial charge in [-0.05, 0) is 37.6 Å². The lowest BCUT2D eigenvalue weighted by molar-refractivity contribution is 0.138. The summed E-state index contributed by atoms with van der Waals surface area (Å²) in [4.78, 5) is 7.08. The molecular formula is C15H20N4. The highest BCUT2D eigenvalue weighted by atomic mass is 15.3. The van der Waals surface area contributed by atoms with E-state index in [-0.39, 0.29) is 0 Å². The van der Waals surface area contributed by atoms with E-state index in [4.69, 9.17) is 0 Å². The molecule has 0 radical (unpaired) electrons. The van der Waals surface area contributed by atoms with E-state index in [1.807, 2.05) is 35.4 Å². The van der Waals surface area contributed by atoms with Crippen LogP contribution >= 0.6 is 0 Å². The molecule has 0 aliphatic carbocycles. The Labute approximate surface area is 114 Å². The number of rotatable bonds is 4. The summed E-state index contributed by atoms with van der Waals surface area (Å²) < 4.78 is 2.00. The standard InChI is InChI=1S/C15H20N4/c1-3-8-16-14(6-1)15-7-2-4-10-18(15)12-13-19-11-5-9-17-19/h1,3,5-6,8-9,11,15H,2,4,7,10,12-13H2/t15-/m1/s1. The molecule has 1 fully saturated rings. The number of pyridine rings is 1. The van der Waals surface area contributed by atoms with Crippen molar-refractivity contribution in [2.24, 2.45) is 0 Å². The third-order valence-corrected chi connectivity index (χ3v) is 3.82.